The Morgan fingerprint density at radius 3 is 2.60 bits per heavy atom. The lowest BCUT2D eigenvalue weighted by Gasteiger charge is -2.22. The Morgan fingerprint density at radius 2 is 1.93 bits per heavy atom. The summed E-state index contributed by atoms with van der Waals surface area (Å²) in [6.45, 7) is 0. The number of likely N-dealkylation sites (N-methyl/N-ethyl adjacent to an activating group) is 1. The second kappa shape index (κ2) is 4.23. The van der Waals surface area contributed by atoms with Crippen LogP contribution in [0.4, 0.5) is 0 Å². The van der Waals surface area contributed by atoms with E-state index in [0.29, 0.717) is 5.92 Å². The molecular weight excluding hydrogens is 250 g/mol. The van der Waals surface area contributed by atoms with Crippen LogP contribution in [0.3, 0.4) is 0 Å². The minimum atomic E-state index is 0.385. The second-order valence-corrected chi connectivity index (χ2v) is 4.72. The molecular formula is C13H14BrN. The Morgan fingerprint density at radius 1 is 1.20 bits per heavy atom. The zero-order valence-electron chi connectivity index (χ0n) is 8.94. The molecule has 1 aromatic rings. The highest BCUT2D eigenvalue weighted by Gasteiger charge is 2.19. The number of nitrogens with zero attached hydrogens (tertiary/aromatic N) is 1. The normalized spacial score (nSPS) is 19.1. The summed E-state index contributed by atoms with van der Waals surface area (Å²) in [4.78, 5) is 2.17. The molecule has 1 aromatic carbocycles. The summed E-state index contributed by atoms with van der Waals surface area (Å²) in [5.74, 6) is 0.385. The smallest absolute Gasteiger partial charge is 0.0433 e. The van der Waals surface area contributed by atoms with Crippen LogP contribution in [0.25, 0.3) is 0 Å². The molecule has 15 heavy (non-hydrogen) atoms. The van der Waals surface area contributed by atoms with E-state index in [4.69, 9.17) is 0 Å². The first-order valence-corrected chi connectivity index (χ1v) is 5.79. The molecule has 0 radical (unpaired) electrons. The molecule has 78 valence electrons. The van der Waals surface area contributed by atoms with Gasteiger partial charge in [-0.15, -0.1) is 0 Å². The Balaban J connectivity index is 2.37. The van der Waals surface area contributed by atoms with E-state index in [-0.39, 0.29) is 0 Å². The van der Waals surface area contributed by atoms with Crippen molar-refractivity contribution in [1.82, 2.24) is 4.90 Å². The first-order chi connectivity index (χ1) is 7.20. The molecule has 0 aromatic heterocycles. The molecule has 1 aliphatic rings. The lowest BCUT2D eigenvalue weighted by Crippen LogP contribution is -2.15. The highest BCUT2D eigenvalue weighted by Crippen LogP contribution is 2.35. The zero-order valence-corrected chi connectivity index (χ0v) is 10.5. The number of hydrogen-bond acceptors (Lipinski definition) is 1. The third-order valence-electron chi connectivity index (χ3n) is 2.65. The third kappa shape index (κ3) is 2.00. The summed E-state index contributed by atoms with van der Waals surface area (Å²) in [7, 11) is 4.17. The number of rotatable bonds is 2. The van der Waals surface area contributed by atoms with E-state index in [2.05, 4.69) is 71.4 Å². The fraction of sp³-hybridized carbons (Fsp3) is 0.231. The van der Waals surface area contributed by atoms with Crippen molar-refractivity contribution in [2.45, 2.75) is 5.92 Å². The molecule has 0 amide bonds. The molecule has 0 heterocycles. The quantitative estimate of drug-likeness (QED) is 0.789. The number of benzene rings is 1. The van der Waals surface area contributed by atoms with E-state index in [1.54, 1.807) is 0 Å². The summed E-state index contributed by atoms with van der Waals surface area (Å²) in [5, 5.41) is 0. The molecule has 0 aliphatic heterocycles. The van der Waals surface area contributed by atoms with Gasteiger partial charge < -0.3 is 4.90 Å². The van der Waals surface area contributed by atoms with Crippen LogP contribution >= 0.6 is 15.9 Å². The van der Waals surface area contributed by atoms with Gasteiger partial charge in [0.2, 0.25) is 0 Å². The van der Waals surface area contributed by atoms with Crippen molar-refractivity contribution in [3.05, 3.63) is 58.2 Å². The summed E-state index contributed by atoms with van der Waals surface area (Å²) in [6.07, 6.45) is 6.53. The number of halogens is 1. The average Bonchev–Trinajstić information content (AvgIpc) is 2.67. The highest BCUT2D eigenvalue weighted by atomic mass is 79.9. The van der Waals surface area contributed by atoms with Gasteiger partial charge in [-0.05, 0) is 17.7 Å². The molecule has 0 bridgehead atoms. The predicted molar refractivity (Wildman–Crippen MR) is 67.8 cm³/mol. The molecule has 2 rings (SSSR count). The Kier molecular flexibility index (Phi) is 2.96. The van der Waals surface area contributed by atoms with Crippen molar-refractivity contribution < 1.29 is 0 Å². The van der Waals surface area contributed by atoms with E-state index in [1.165, 1.54) is 15.7 Å². The van der Waals surface area contributed by atoms with Crippen molar-refractivity contribution in [3.8, 4) is 0 Å². The van der Waals surface area contributed by atoms with Crippen molar-refractivity contribution in [3.63, 3.8) is 0 Å². The van der Waals surface area contributed by atoms with Gasteiger partial charge in [-0.1, -0.05) is 46.3 Å². The van der Waals surface area contributed by atoms with Crippen LogP contribution in [0, 0.1) is 0 Å². The molecule has 1 aliphatic carbocycles. The molecule has 0 N–H and O–H groups in total. The molecule has 2 heteroatoms. The van der Waals surface area contributed by atoms with Gasteiger partial charge in [0.15, 0.2) is 0 Å². The minimum Gasteiger partial charge on any atom is -0.380 e. The fourth-order valence-corrected chi connectivity index (χ4v) is 2.42. The standard InChI is InChI=1S/C13H14BrN/c1-15(2)13-9-5-7-11(13)10-6-3-4-8-12(10)14/h3-9,11H,1-2H3. The van der Waals surface area contributed by atoms with Crippen molar-refractivity contribution in [2.24, 2.45) is 0 Å². The molecule has 0 fully saturated rings. The highest BCUT2D eigenvalue weighted by molar-refractivity contribution is 9.10. The van der Waals surface area contributed by atoms with Crippen LogP contribution in [0.15, 0.2) is 52.7 Å². The van der Waals surface area contributed by atoms with Gasteiger partial charge in [0.25, 0.3) is 0 Å². The molecule has 1 unspecified atom stereocenters. The maximum absolute atomic E-state index is 3.60. The third-order valence-corrected chi connectivity index (χ3v) is 3.37. The number of allylic oxidation sites excluding steroid dienone is 3. The van der Waals surface area contributed by atoms with Gasteiger partial charge in [-0.2, -0.15) is 0 Å². The van der Waals surface area contributed by atoms with Gasteiger partial charge in [-0.25, -0.2) is 0 Å². The van der Waals surface area contributed by atoms with Crippen molar-refractivity contribution in [1.29, 1.82) is 0 Å². The average molecular weight is 264 g/mol. The maximum Gasteiger partial charge on any atom is 0.0433 e. The summed E-state index contributed by atoms with van der Waals surface area (Å²) in [6, 6.07) is 8.39. The molecule has 0 saturated heterocycles. The van der Waals surface area contributed by atoms with Gasteiger partial charge >= 0.3 is 0 Å². The molecule has 0 saturated carbocycles. The van der Waals surface area contributed by atoms with Gasteiger partial charge in [0.1, 0.15) is 0 Å². The molecule has 1 nitrogen and oxygen atoms in total. The van der Waals surface area contributed by atoms with Crippen LogP contribution in [0.1, 0.15) is 11.5 Å². The molecule has 1 atom stereocenters. The van der Waals surface area contributed by atoms with Crippen molar-refractivity contribution >= 4 is 15.9 Å². The second-order valence-electron chi connectivity index (χ2n) is 3.87. The Bertz CT molecular complexity index is 418. The van der Waals surface area contributed by atoms with Crippen molar-refractivity contribution in [2.75, 3.05) is 14.1 Å². The summed E-state index contributed by atoms with van der Waals surface area (Å²) < 4.78 is 1.18. The van der Waals surface area contributed by atoms with E-state index in [1.807, 2.05) is 6.07 Å². The Hall–Kier alpha value is -1.02. The van der Waals surface area contributed by atoms with Crippen LogP contribution < -0.4 is 0 Å². The minimum absolute atomic E-state index is 0.385. The maximum atomic E-state index is 3.60. The monoisotopic (exact) mass is 263 g/mol. The summed E-state index contributed by atoms with van der Waals surface area (Å²) >= 11 is 3.60. The van der Waals surface area contributed by atoms with E-state index >= 15 is 0 Å². The van der Waals surface area contributed by atoms with E-state index in [0.717, 1.165) is 0 Å². The number of hydrogen-bond donors (Lipinski definition) is 0. The Labute approximate surface area is 99.2 Å². The topological polar surface area (TPSA) is 3.24 Å². The van der Waals surface area contributed by atoms with Gasteiger partial charge in [0, 0.05) is 30.2 Å². The van der Waals surface area contributed by atoms with Crippen LogP contribution in [0.2, 0.25) is 0 Å². The zero-order chi connectivity index (χ0) is 10.8. The van der Waals surface area contributed by atoms with Crippen LogP contribution in [0.5, 0.6) is 0 Å². The molecule has 0 spiro atoms. The first-order valence-electron chi connectivity index (χ1n) is 5.00. The lowest BCUT2D eigenvalue weighted by atomic mass is 9.98. The van der Waals surface area contributed by atoms with Gasteiger partial charge in [-0.3, -0.25) is 0 Å². The lowest BCUT2D eigenvalue weighted by molar-refractivity contribution is 0.487. The largest absolute Gasteiger partial charge is 0.380 e. The van der Waals surface area contributed by atoms with E-state index in [9.17, 15) is 0 Å². The van der Waals surface area contributed by atoms with E-state index < -0.39 is 0 Å². The summed E-state index contributed by atoms with van der Waals surface area (Å²) in [5.41, 5.74) is 2.66. The SMILES string of the molecule is CN(C)C1=CC=CC1c1ccccc1Br. The van der Waals surface area contributed by atoms with Crippen LogP contribution in [-0.2, 0) is 0 Å². The fourth-order valence-electron chi connectivity index (χ4n) is 1.89. The first kappa shape index (κ1) is 10.5. The van der Waals surface area contributed by atoms with Crippen LogP contribution in [-0.4, -0.2) is 19.0 Å². The predicted octanol–water partition coefficient (Wildman–Crippen LogP) is 3.55. The van der Waals surface area contributed by atoms with Gasteiger partial charge in [0.05, 0.1) is 0 Å².